The van der Waals surface area contributed by atoms with Crippen molar-refractivity contribution in [2.45, 2.75) is 32.0 Å². The van der Waals surface area contributed by atoms with Crippen molar-refractivity contribution in [1.82, 2.24) is 0 Å². The van der Waals surface area contributed by atoms with Crippen LogP contribution < -0.4 is 14.5 Å². The molecule has 5 nitrogen and oxygen atoms in total. The van der Waals surface area contributed by atoms with E-state index in [1.165, 1.54) is 18.2 Å². The highest BCUT2D eigenvalue weighted by atomic mass is 35.5. The molecule has 0 saturated heterocycles. The first kappa shape index (κ1) is 20.6. The number of hydrogen-bond acceptors (Lipinski definition) is 4. The molecule has 1 aliphatic rings. The van der Waals surface area contributed by atoms with Crippen LogP contribution in [-0.2, 0) is 16.0 Å². The Kier molecular flexibility index (Phi) is 6.91. The fraction of sp³-hybridized carbons (Fsp3) is 0.368. The summed E-state index contributed by atoms with van der Waals surface area (Å²) in [7, 11) is 0. The van der Waals surface area contributed by atoms with Crippen molar-refractivity contribution in [3.8, 4) is 11.5 Å². The number of alkyl halides is 2. The van der Waals surface area contributed by atoms with Gasteiger partial charge in [-0.25, -0.2) is 4.98 Å². The van der Waals surface area contributed by atoms with E-state index in [9.17, 15) is 13.6 Å². The number of carbonyl (C=O) groups excluding carboxylic acids is 1. The summed E-state index contributed by atoms with van der Waals surface area (Å²) in [5.41, 5.74) is 1.13. The Morgan fingerprint density at radius 1 is 1.18 bits per heavy atom. The van der Waals surface area contributed by atoms with E-state index in [1.54, 1.807) is 12.4 Å². The van der Waals surface area contributed by atoms with Gasteiger partial charge in [-0.05, 0) is 36.5 Å². The molecule has 0 spiro atoms. The molecular formula is C19H18Cl2F2NO4+. The Morgan fingerprint density at radius 2 is 1.89 bits per heavy atom. The average molecular weight is 433 g/mol. The van der Waals surface area contributed by atoms with Gasteiger partial charge in [-0.3, -0.25) is 4.79 Å². The molecule has 1 fully saturated rings. The van der Waals surface area contributed by atoms with Crippen molar-refractivity contribution in [3.05, 3.63) is 51.8 Å². The third-order valence-corrected chi connectivity index (χ3v) is 5.01. The quantitative estimate of drug-likeness (QED) is 0.512. The van der Waals surface area contributed by atoms with Crippen LogP contribution in [0, 0.1) is 5.92 Å². The van der Waals surface area contributed by atoms with Crippen LogP contribution in [-0.4, -0.2) is 19.7 Å². The van der Waals surface area contributed by atoms with Gasteiger partial charge in [-0.15, -0.1) is 0 Å². The molecule has 1 saturated carbocycles. The molecule has 1 heterocycles. The number of rotatable bonds is 10. The standard InChI is InChI=1S/C19H17Cl2F2NO4/c20-14-7-24-8-15(21)13(14)6-17(27-10-25)12-3-4-16(28-19(22)23)18(5-12)26-9-11-1-2-11/h3-5,7-8,10-11,17,19H,1-2,6,9H2/p+1/t17-/m0/s1. The number of benzene rings is 1. The number of ether oxygens (including phenoxy) is 3. The van der Waals surface area contributed by atoms with E-state index in [1.807, 2.05) is 0 Å². The Labute approximate surface area is 170 Å². The fourth-order valence-electron chi connectivity index (χ4n) is 2.69. The fourth-order valence-corrected chi connectivity index (χ4v) is 3.22. The highest BCUT2D eigenvalue weighted by Crippen LogP contribution is 2.37. The zero-order chi connectivity index (χ0) is 20.1. The number of aromatic nitrogens is 1. The van der Waals surface area contributed by atoms with Gasteiger partial charge in [0, 0.05) is 12.0 Å². The molecule has 0 amide bonds. The van der Waals surface area contributed by atoms with Gasteiger partial charge in [0.2, 0.25) is 0 Å². The van der Waals surface area contributed by atoms with Crippen molar-refractivity contribution < 1.29 is 32.8 Å². The second kappa shape index (κ2) is 9.39. The molecule has 28 heavy (non-hydrogen) atoms. The van der Waals surface area contributed by atoms with Gasteiger partial charge < -0.3 is 14.2 Å². The zero-order valence-corrected chi connectivity index (χ0v) is 16.2. The molecule has 1 aliphatic carbocycles. The predicted molar refractivity (Wildman–Crippen MR) is 97.9 cm³/mol. The smallest absolute Gasteiger partial charge is 0.387 e. The van der Waals surface area contributed by atoms with Gasteiger partial charge in [0.15, 0.2) is 23.9 Å². The molecular weight excluding hydrogens is 415 g/mol. The summed E-state index contributed by atoms with van der Waals surface area (Å²) in [6.45, 7) is -2.25. The third kappa shape index (κ3) is 5.45. The summed E-state index contributed by atoms with van der Waals surface area (Å²) in [5, 5.41) is 0.768. The summed E-state index contributed by atoms with van der Waals surface area (Å²) in [6.07, 6.45) is 4.67. The van der Waals surface area contributed by atoms with Crippen LogP contribution in [0.5, 0.6) is 11.5 Å². The molecule has 2 aromatic rings. The Hall–Kier alpha value is -2.12. The normalized spacial score (nSPS) is 14.6. The molecule has 1 atom stereocenters. The summed E-state index contributed by atoms with van der Waals surface area (Å²) in [5.74, 6) is 0.515. The molecule has 1 aromatic carbocycles. The van der Waals surface area contributed by atoms with Gasteiger partial charge in [0.1, 0.15) is 16.1 Å². The molecule has 150 valence electrons. The van der Waals surface area contributed by atoms with Crippen LogP contribution in [0.15, 0.2) is 30.6 Å². The second-order valence-corrected chi connectivity index (χ2v) is 7.21. The van der Waals surface area contributed by atoms with Crippen LogP contribution in [0.4, 0.5) is 8.78 Å². The van der Waals surface area contributed by atoms with Crippen LogP contribution >= 0.6 is 23.2 Å². The Morgan fingerprint density at radius 3 is 2.50 bits per heavy atom. The van der Waals surface area contributed by atoms with Crippen LogP contribution in [0.2, 0.25) is 10.0 Å². The molecule has 0 unspecified atom stereocenters. The van der Waals surface area contributed by atoms with Crippen molar-refractivity contribution in [2.24, 2.45) is 5.92 Å². The summed E-state index contributed by atoms with van der Waals surface area (Å²) in [4.78, 5) is 13.8. The number of halogens is 4. The van der Waals surface area contributed by atoms with Gasteiger partial charge in [0.05, 0.1) is 6.61 Å². The van der Waals surface area contributed by atoms with E-state index < -0.39 is 12.7 Å². The number of hydrogen-bond donors (Lipinski definition) is 0. The van der Waals surface area contributed by atoms with E-state index in [0.717, 1.165) is 12.8 Å². The Bertz CT molecular complexity index is 813. The van der Waals surface area contributed by atoms with E-state index >= 15 is 0 Å². The molecule has 3 rings (SSSR count). The molecule has 0 aliphatic heterocycles. The molecule has 1 N–H and O–H groups in total. The number of carbonyl (C=O) groups is 1. The van der Waals surface area contributed by atoms with E-state index in [2.05, 4.69) is 9.72 Å². The molecule has 9 heteroatoms. The van der Waals surface area contributed by atoms with Crippen molar-refractivity contribution in [1.29, 1.82) is 0 Å². The van der Waals surface area contributed by atoms with E-state index in [0.29, 0.717) is 40.2 Å². The predicted octanol–water partition coefficient (Wildman–Crippen LogP) is 4.65. The summed E-state index contributed by atoms with van der Waals surface area (Å²) in [6, 6.07) is 4.44. The second-order valence-electron chi connectivity index (χ2n) is 6.39. The van der Waals surface area contributed by atoms with E-state index in [-0.39, 0.29) is 17.9 Å². The third-order valence-electron chi connectivity index (χ3n) is 4.33. The highest BCUT2D eigenvalue weighted by Gasteiger charge is 2.25. The van der Waals surface area contributed by atoms with Gasteiger partial charge in [-0.1, -0.05) is 29.3 Å². The van der Waals surface area contributed by atoms with Gasteiger partial charge >= 0.3 is 6.61 Å². The highest BCUT2D eigenvalue weighted by molar-refractivity contribution is 6.35. The SMILES string of the molecule is O=CO[C@@H](Cc1c(Cl)c[nH+]cc1Cl)c1ccc(OC(F)F)c(OCC2CC2)c1. The summed E-state index contributed by atoms with van der Waals surface area (Å²) >= 11 is 12.4. The minimum absolute atomic E-state index is 0.0744. The maximum Gasteiger partial charge on any atom is 0.387 e. The lowest BCUT2D eigenvalue weighted by atomic mass is 10.0. The van der Waals surface area contributed by atoms with Gasteiger partial charge in [-0.2, -0.15) is 8.78 Å². The monoisotopic (exact) mass is 432 g/mol. The largest absolute Gasteiger partial charge is 0.489 e. The minimum atomic E-state index is -2.98. The van der Waals surface area contributed by atoms with Crippen LogP contribution in [0.1, 0.15) is 30.1 Å². The van der Waals surface area contributed by atoms with Crippen molar-refractivity contribution in [3.63, 3.8) is 0 Å². The first-order valence-electron chi connectivity index (χ1n) is 8.62. The van der Waals surface area contributed by atoms with Crippen molar-refractivity contribution >= 4 is 29.7 Å². The van der Waals surface area contributed by atoms with E-state index in [4.69, 9.17) is 32.7 Å². The molecule has 0 radical (unpaired) electrons. The lowest BCUT2D eigenvalue weighted by Gasteiger charge is -2.19. The average Bonchev–Trinajstić information content (AvgIpc) is 3.47. The number of nitrogens with one attached hydrogen (secondary N) is 1. The van der Waals surface area contributed by atoms with Crippen molar-refractivity contribution in [2.75, 3.05) is 6.61 Å². The first-order valence-corrected chi connectivity index (χ1v) is 9.38. The minimum Gasteiger partial charge on any atom is -0.489 e. The number of pyridine rings is 1. The van der Waals surface area contributed by atoms with Crippen LogP contribution in [0.3, 0.4) is 0 Å². The lowest BCUT2D eigenvalue weighted by Crippen LogP contribution is -2.11. The summed E-state index contributed by atoms with van der Waals surface area (Å²) < 4.78 is 40.8. The zero-order valence-electron chi connectivity index (χ0n) is 14.7. The first-order chi connectivity index (χ1) is 13.5. The van der Waals surface area contributed by atoms with Crippen LogP contribution in [0.25, 0.3) is 0 Å². The van der Waals surface area contributed by atoms with Gasteiger partial charge in [0.25, 0.3) is 6.47 Å². The Balaban J connectivity index is 1.88. The molecule has 0 bridgehead atoms. The lowest BCUT2D eigenvalue weighted by molar-refractivity contribution is -0.377. The molecule has 1 aromatic heterocycles. The maximum atomic E-state index is 12.7. The number of H-pyrrole nitrogens is 1. The number of aromatic amines is 1. The topological polar surface area (TPSA) is 58.9 Å². The maximum absolute atomic E-state index is 12.7.